The van der Waals surface area contributed by atoms with Crippen LogP contribution in [0.1, 0.15) is 16.6 Å². The number of aromatic hydroxyl groups is 1. The number of carbonyl (C=O) groups is 1. The van der Waals surface area contributed by atoms with Crippen LogP contribution >= 0.6 is 11.3 Å². The van der Waals surface area contributed by atoms with E-state index in [0.29, 0.717) is 5.01 Å². The molecule has 0 atom stereocenters. The minimum Gasteiger partial charge on any atom is -0.506 e. The van der Waals surface area contributed by atoms with Crippen LogP contribution < -0.4 is 5.32 Å². The number of rotatable bonds is 5. The maximum atomic E-state index is 13.9. The molecule has 1 amide bonds. The lowest BCUT2D eigenvalue weighted by atomic mass is 10.2. The van der Waals surface area contributed by atoms with Crippen molar-refractivity contribution in [1.82, 2.24) is 4.98 Å². The van der Waals surface area contributed by atoms with E-state index in [2.05, 4.69) is 10.3 Å². The molecule has 3 aromatic rings. The predicted molar refractivity (Wildman–Crippen MR) is 101 cm³/mol. The number of aromatic nitrogens is 1. The third-order valence-electron chi connectivity index (χ3n) is 3.79. The summed E-state index contributed by atoms with van der Waals surface area (Å²) < 4.78 is 37.8. The van der Waals surface area contributed by atoms with Crippen LogP contribution in [0.15, 0.2) is 53.6 Å². The third-order valence-corrected chi connectivity index (χ3v) is 6.55. The molecule has 140 valence electrons. The standard InChI is InChI=1S/C18H15FN2O4S2/c1-2-27(24,25)11-7-8-15(22)14(9-11)21-17(23)16-10-20-18(26-16)12-5-3-4-6-13(12)19/h3-10,22H,2H2,1H3,(H,21,23). The van der Waals surface area contributed by atoms with Crippen molar-refractivity contribution in [1.29, 1.82) is 0 Å². The largest absolute Gasteiger partial charge is 0.506 e. The van der Waals surface area contributed by atoms with Gasteiger partial charge in [-0.1, -0.05) is 19.1 Å². The Bertz CT molecular complexity index is 1110. The van der Waals surface area contributed by atoms with E-state index in [9.17, 15) is 22.7 Å². The van der Waals surface area contributed by atoms with Crippen molar-refractivity contribution < 1.29 is 22.7 Å². The van der Waals surface area contributed by atoms with Crippen molar-refractivity contribution in [2.24, 2.45) is 0 Å². The molecule has 1 heterocycles. The third kappa shape index (κ3) is 3.99. The van der Waals surface area contributed by atoms with Crippen LogP contribution in [-0.4, -0.2) is 30.2 Å². The van der Waals surface area contributed by atoms with Gasteiger partial charge in [0, 0.05) is 5.56 Å². The molecule has 0 fully saturated rings. The Labute approximate surface area is 159 Å². The molecule has 0 saturated heterocycles. The van der Waals surface area contributed by atoms with E-state index in [1.54, 1.807) is 18.2 Å². The van der Waals surface area contributed by atoms with E-state index in [4.69, 9.17) is 0 Å². The summed E-state index contributed by atoms with van der Waals surface area (Å²) in [5, 5.41) is 12.7. The van der Waals surface area contributed by atoms with Gasteiger partial charge in [-0.2, -0.15) is 0 Å². The lowest BCUT2D eigenvalue weighted by molar-refractivity contribution is 0.103. The summed E-state index contributed by atoms with van der Waals surface area (Å²) >= 11 is 0.985. The Morgan fingerprint density at radius 3 is 2.70 bits per heavy atom. The second-order valence-electron chi connectivity index (χ2n) is 5.55. The lowest BCUT2D eigenvalue weighted by Gasteiger charge is -2.08. The second-order valence-corrected chi connectivity index (χ2v) is 8.85. The number of halogens is 1. The fraction of sp³-hybridized carbons (Fsp3) is 0.111. The van der Waals surface area contributed by atoms with Gasteiger partial charge in [0.1, 0.15) is 21.5 Å². The number of amides is 1. The van der Waals surface area contributed by atoms with Crippen LogP contribution in [0.5, 0.6) is 5.75 Å². The zero-order valence-electron chi connectivity index (χ0n) is 14.1. The molecule has 0 spiro atoms. The van der Waals surface area contributed by atoms with E-state index in [1.165, 1.54) is 37.4 Å². The van der Waals surface area contributed by atoms with Gasteiger partial charge in [-0.15, -0.1) is 11.3 Å². The highest BCUT2D eigenvalue weighted by Gasteiger charge is 2.18. The molecule has 0 aliphatic carbocycles. The first-order valence-corrected chi connectivity index (χ1v) is 10.4. The van der Waals surface area contributed by atoms with Gasteiger partial charge in [-0.05, 0) is 30.3 Å². The molecular formula is C18H15FN2O4S2. The Hall–Kier alpha value is -2.78. The van der Waals surface area contributed by atoms with Gasteiger partial charge in [0.15, 0.2) is 9.84 Å². The highest BCUT2D eigenvalue weighted by molar-refractivity contribution is 7.91. The van der Waals surface area contributed by atoms with Gasteiger partial charge in [-0.25, -0.2) is 17.8 Å². The highest BCUT2D eigenvalue weighted by Crippen LogP contribution is 2.30. The van der Waals surface area contributed by atoms with E-state index in [1.807, 2.05) is 0 Å². The van der Waals surface area contributed by atoms with Gasteiger partial charge in [-0.3, -0.25) is 4.79 Å². The first kappa shape index (κ1) is 19.0. The van der Waals surface area contributed by atoms with Crippen LogP contribution in [0.25, 0.3) is 10.6 Å². The smallest absolute Gasteiger partial charge is 0.267 e. The Morgan fingerprint density at radius 1 is 1.26 bits per heavy atom. The molecule has 9 heteroatoms. The highest BCUT2D eigenvalue weighted by atomic mass is 32.2. The number of hydrogen-bond donors (Lipinski definition) is 2. The molecule has 0 aliphatic heterocycles. The van der Waals surface area contributed by atoms with Crippen LogP contribution in [0, 0.1) is 5.82 Å². The molecule has 0 radical (unpaired) electrons. The number of phenolic OH excluding ortho intramolecular Hbond substituents is 1. The van der Waals surface area contributed by atoms with E-state index < -0.39 is 21.6 Å². The van der Waals surface area contributed by atoms with Crippen LogP contribution in [0.4, 0.5) is 10.1 Å². The fourth-order valence-electron chi connectivity index (χ4n) is 2.30. The quantitative estimate of drug-likeness (QED) is 0.630. The topological polar surface area (TPSA) is 96.4 Å². The average molecular weight is 406 g/mol. The summed E-state index contributed by atoms with van der Waals surface area (Å²) in [6.07, 6.45) is 1.30. The maximum absolute atomic E-state index is 13.9. The van der Waals surface area contributed by atoms with Crippen LogP contribution in [0.3, 0.4) is 0 Å². The number of sulfone groups is 1. The zero-order chi connectivity index (χ0) is 19.6. The predicted octanol–water partition coefficient (Wildman–Crippen LogP) is 3.70. The first-order chi connectivity index (χ1) is 12.8. The van der Waals surface area contributed by atoms with Gasteiger partial charge < -0.3 is 10.4 Å². The van der Waals surface area contributed by atoms with Crippen LogP contribution in [-0.2, 0) is 9.84 Å². The monoisotopic (exact) mass is 406 g/mol. The second kappa shape index (κ2) is 7.45. The summed E-state index contributed by atoms with van der Waals surface area (Å²) in [5.74, 6) is -1.41. The molecule has 0 saturated carbocycles. The summed E-state index contributed by atoms with van der Waals surface area (Å²) in [5.41, 5.74) is 0.246. The van der Waals surface area contributed by atoms with Gasteiger partial charge in [0.05, 0.1) is 22.5 Å². The number of anilines is 1. The molecular weight excluding hydrogens is 391 g/mol. The molecule has 2 N–H and O–H groups in total. The van der Waals surface area contributed by atoms with Crippen molar-refractivity contribution in [2.75, 3.05) is 11.1 Å². The summed E-state index contributed by atoms with van der Waals surface area (Å²) in [6, 6.07) is 9.75. The van der Waals surface area contributed by atoms with Crippen molar-refractivity contribution in [2.45, 2.75) is 11.8 Å². The number of thiazole rings is 1. The Kier molecular flexibility index (Phi) is 5.24. The van der Waals surface area contributed by atoms with E-state index in [-0.39, 0.29) is 32.5 Å². The Balaban J connectivity index is 1.87. The number of nitrogens with zero attached hydrogens (tertiary/aromatic N) is 1. The molecule has 1 aromatic heterocycles. The number of nitrogens with one attached hydrogen (secondary N) is 1. The molecule has 0 unspecified atom stereocenters. The van der Waals surface area contributed by atoms with Crippen molar-refractivity contribution in [3.8, 4) is 16.3 Å². The van der Waals surface area contributed by atoms with E-state index in [0.717, 1.165) is 11.3 Å². The Morgan fingerprint density at radius 2 is 2.00 bits per heavy atom. The normalized spacial score (nSPS) is 11.3. The molecule has 6 nitrogen and oxygen atoms in total. The number of phenols is 1. The molecule has 0 bridgehead atoms. The fourth-order valence-corrected chi connectivity index (χ4v) is 4.04. The van der Waals surface area contributed by atoms with E-state index >= 15 is 0 Å². The van der Waals surface area contributed by atoms with Gasteiger partial charge >= 0.3 is 0 Å². The SMILES string of the molecule is CCS(=O)(=O)c1ccc(O)c(NC(=O)c2cnc(-c3ccccc3F)s2)c1. The van der Waals surface area contributed by atoms with Crippen molar-refractivity contribution >= 4 is 32.8 Å². The van der Waals surface area contributed by atoms with Gasteiger partial charge in [0.2, 0.25) is 0 Å². The van der Waals surface area contributed by atoms with Gasteiger partial charge in [0.25, 0.3) is 5.91 Å². The number of benzene rings is 2. The minimum absolute atomic E-state index is 0.00514. The minimum atomic E-state index is -3.49. The lowest BCUT2D eigenvalue weighted by Crippen LogP contribution is -2.11. The maximum Gasteiger partial charge on any atom is 0.267 e. The summed E-state index contributed by atoms with van der Waals surface area (Å²) in [7, 11) is -3.49. The summed E-state index contributed by atoms with van der Waals surface area (Å²) in [4.78, 5) is 16.7. The average Bonchev–Trinajstić information content (AvgIpc) is 3.13. The number of carbonyl (C=O) groups excluding carboxylic acids is 1. The first-order valence-electron chi connectivity index (χ1n) is 7.89. The molecule has 0 aliphatic rings. The molecule has 3 rings (SSSR count). The zero-order valence-corrected chi connectivity index (χ0v) is 15.8. The van der Waals surface area contributed by atoms with Crippen molar-refractivity contribution in [3.05, 3.63) is 59.4 Å². The molecule has 2 aromatic carbocycles. The molecule has 27 heavy (non-hydrogen) atoms. The summed E-state index contributed by atoms with van der Waals surface area (Å²) in [6.45, 7) is 1.50. The van der Waals surface area contributed by atoms with Crippen molar-refractivity contribution in [3.63, 3.8) is 0 Å². The van der Waals surface area contributed by atoms with Crippen LogP contribution in [0.2, 0.25) is 0 Å². The number of hydrogen-bond acceptors (Lipinski definition) is 6.